The summed E-state index contributed by atoms with van der Waals surface area (Å²) >= 11 is 5.89. The predicted molar refractivity (Wildman–Crippen MR) is 100 cm³/mol. The number of aromatic nitrogens is 1. The van der Waals surface area contributed by atoms with E-state index < -0.39 is 9.84 Å². The van der Waals surface area contributed by atoms with Crippen LogP contribution in [0.3, 0.4) is 0 Å². The Labute approximate surface area is 151 Å². The van der Waals surface area contributed by atoms with Gasteiger partial charge in [-0.2, -0.15) is 0 Å². The average molecular weight is 374 g/mol. The fourth-order valence-corrected chi connectivity index (χ4v) is 3.52. The minimum atomic E-state index is -3.32. The van der Waals surface area contributed by atoms with Crippen LogP contribution >= 0.6 is 11.6 Å². The highest BCUT2D eigenvalue weighted by Gasteiger charge is 2.18. The normalized spacial score (nSPS) is 11.6. The molecule has 0 spiro atoms. The summed E-state index contributed by atoms with van der Waals surface area (Å²) in [5, 5.41) is 1.25. The molecule has 0 saturated heterocycles. The van der Waals surface area contributed by atoms with Crippen molar-refractivity contribution < 1.29 is 13.2 Å². The first-order valence-corrected chi connectivity index (χ1v) is 9.84. The van der Waals surface area contributed by atoms with Crippen LogP contribution in [0.2, 0.25) is 5.02 Å². The highest BCUT2D eigenvalue weighted by atomic mass is 35.5. The van der Waals surface area contributed by atoms with Crippen LogP contribution in [-0.4, -0.2) is 25.1 Å². The maximum absolute atomic E-state index is 13.0. The predicted octanol–water partition coefficient (Wildman–Crippen LogP) is 4.12. The van der Waals surface area contributed by atoms with Crippen LogP contribution < -0.4 is 0 Å². The first kappa shape index (κ1) is 17.5. The molecule has 0 saturated carbocycles. The van der Waals surface area contributed by atoms with Gasteiger partial charge in [0.1, 0.15) is 0 Å². The number of rotatable bonds is 4. The van der Waals surface area contributed by atoms with Crippen molar-refractivity contribution in [3.05, 3.63) is 77.5 Å². The molecular weight excluding hydrogens is 358 g/mol. The third kappa shape index (κ3) is 3.38. The molecular formula is C19H16ClNO3S. The minimum absolute atomic E-state index is 0.198. The van der Waals surface area contributed by atoms with E-state index in [1.165, 1.54) is 6.07 Å². The van der Waals surface area contributed by atoms with Gasteiger partial charge in [-0.15, -0.1) is 6.58 Å². The summed E-state index contributed by atoms with van der Waals surface area (Å²) in [4.78, 5) is 13.2. The van der Waals surface area contributed by atoms with Gasteiger partial charge in [0.15, 0.2) is 9.84 Å². The van der Waals surface area contributed by atoms with E-state index in [1.807, 2.05) is 6.07 Å². The van der Waals surface area contributed by atoms with Crippen molar-refractivity contribution in [2.45, 2.75) is 11.3 Å². The quantitative estimate of drug-likeness (QED) is 0.646. The number of hydrogen-bond acceptors (Lipinski definition) is 3. The zero-order chi connectivity index (χ0) is 18.2. The molecule has 0 amide bonds. The van der Waals surface area contributed by atoms with Crippen LogP contribution in [-0.2, 0) is 16.3 Å². The Bertz CT molecular complexity index is 1080. The monoisotopic (exact) mass is 373 g/mol. The highest BCUT2D eigenvalue weighted by molar-refractivity contribution is 7.90. The molecule has 6 heteroatoms. The van der Waals surface area contributed by atoms with Gasteiger partial charge in [0.2, 0.25) is 0 Å². The van der Waals surface area contributed by atoms with Crippen LogP contribution in [0.1, 0.15) is 16.1 Å². The van der Waals surface area contributed by atoms with Gasteiger partial charge in [-0.25, -0.2) is 8.42 Å². The number of allylic oxidation sites excluding steroid dienone is 1. The van der Waals surface area contributed by atoms with Crippen molar-refractivity contribution in [1.29, 1.82) is 0 Å². The van der Waals surface area contributed by atoms with Crippen molar-refractivity contribution in [1.82, 2.24) is 4.57 Å². The smallest absolute Gasteiger partial charge is 0.262 e. The summed E-state index contributed by atoms with van der Waals surface area (Å²) in [5.74, 6) is -0.198. The van der Waals surface area contributed by atoms with Crippen molar-refractivity contribution in [3.63, 3.8) is 0 Å². The molecule has 3 aromatic rings. The fourth-order valence-electron chi connectivity index (χ4n) is 2.74. The van der Waals surface area contributed by atoms with Gasteiger partial charge < -0.3 is 0 Å². The molecule has 1 aromatic heterocycles. The van der Waals surface area contributed by atoms with Gasteiger partial charge in [0, 0.05) is 34.3 Å². The topological polar surface area (TPSA) is 56.1 Å². The van der Waals surface area contributed by atoms with Crippen molar-refractivity contribution in [2.24, 2.45) is 0 Å². The Hall–Kier alpha value is -2.37. The Kier molecular flexibility index (Phi) is 4.54. The van der Waals surface area contributed by atoms with Gasteiger partial charge in [-0.1, -0.05) is 17.7 Å². The van der Waals surface area contributed by atoms with Crippen LogP contribution in [0.15, 0.2) is 66.1 Å². The van der Waals surface area contributed by atoms with Crippen molar-refractivity contribution >= 4 is 38.2 Å². The molecule has 4 nitrogen and oxygen atoms in total. The molecule has 0 bridgehead atoms. The van der Waals surface area contributed by atoms with Crippen molar-refractivity contribution in [3.8, 4) is 0 Å². The van der Waals surface area contributed by atoms with Gasteiger partial charge in [-0.3, -0.25) is 9.36 Å². The molecule has 0 unspecified atom stereocenters. The Morgan fingerprint density at radius 2 is 1.84 bits per heavy atom. The highest BCUT2D eigenvalue weighted by Crippen LogP contribution is 2.25. The van der Waals surface area contributed by atoms with E-state index in [0.29, 0.717) is 27.9 Å². The number of halogens is 1. The Morgan fingerprint density at radius 1 is 1.16 bits per heavy atom. The summed E-state index contributed by atoms with van der Waals surface area (Å²) in [6.07, 6.45) is 3.36. The molecule has 128 valence electrons. The molecule has 25 heavy (non-hydrogen) atoms. The van der Waals surface area contributed by atoms with Crippen molar-refractivity contribution in [2.75, 3.05) is 6.26 Å². The lowest BCUT2D eigenvalue weighted by atomic mass is 10.2. The number of hydrogen-bond donors (Lipinski definition) is 0. The lowest BCUT2D eigenvalue weighted by molar-refractivity contribution is 0.0962. The standard InChI is InChI=1S/C19H16ClNO3S/c1-3-4-16-11-14-12-17(25(2,23)24)9-10-18(14)21(16)19(22)13-5-7-15(20)8-6-13/h3,5-12H,1,4H2,2H3. The SMILES string of the molecule is C=CCc1cc2cc(S(C)(=O)=O)ccc2n1C(=O)c1ccc(Cl)cc1. The second-order valence-electron chi connectivity index (χ2n) is 5.77. The number of carbonyl (C=O) groups excluding carboxylic acids is 1. The van der Waals surface area contributed by atoms with E-state index in [-0.39, 0.29) is 10.8 Å². The molecule has 0 radical (unpaired) electrons. The van der Waals surface area contributed by atoms with Crippen LogP contribution in [0.5, 0.6) is 0 Å². The molecule has 0 aliphatic rings. The lowest BCUT2D eigenvalue weighted by Gasteiger charge is -2.09. The van der Waals surface area contributed by atoms with E-state index >= 15 is 0 Å². The van der Waals surface area contributed by atoms with Gasteiger partial charge in [0.05, 0.1) is 10.4 Å². The summed E-state index contributed by atoms with van der Waals surface area (Å²) in [6, 6.07) is 13.2. The number of fused-ring (bicyclic) bond motifs is 1. The molecule has 0 aliphatic heterocycles. The maximum Gasteiger partial charge on any atom is 0.262 e. The zero-order valence-corrected chi connectivity index (χ0v) is 15.1. The number of benzene rings is 2. The van der Waals surface area contributed by atoms with E-state index in [4.69, 9.17) is 11.6 Å². The Morgan fingerprint density at radius 3 is 2.44 bits per heavy atom. The summed E-state index contributed by atoms with van der Waals surface area (Å²) in [5.41, 5.74) is 1.90. The van der Waals surface area contributed by atoms with E-state index in [9.17, 15) is 13.2 Å². The zero-order valence-electron chi connectivity index (χ0n) is 13.6. The summed E-state index contributed by atoms with van der Waals surface area (Å²) in [6.45, 7) is 3.73. The Balaban J connectivity index is 2.21. The minimum Gasteiger partial charge on any atom is -0.280 e. The molecule has 3 rings (SSSR count). The van der Waals surface area contributed by atoms with Crippen LogP contribution in [0.25, 0.3) is 10.9 Å². The molecule has 0 atom stereocenters. The number of nitrogens with zero attached hydrogens (tertiary/aromatic N) is 1. The third-order valence-corrected chi connectivity index (χ3v) is 5.29. The lowest BCUT2D eigenvalue weighted by Crippen LogP contribution is -2.14. The van der Waals surface area contributed by atoms with Gasteiger partial charge in [0.25, 0.3) is 5.91 Å². The average Bonchev–Trinajstić information content (AvgIpc) is 2.91. The largest absolute Gasteiger partial charge is 0.280 e. The maximum atomic E-state index is 13.0. The van der Waals surface area contributed by atoms with E-state index in [1.54, 1.807) is 47.0 Å². The van der Waals surface area contributed by atoms with Crippen LogP contribution in [0, 0.1) is 0 Å². The van der Waals surface area contributed by atoms with Gasteiger partial charge >= 0.3 is 0 Å². The first-order chi connectivity index (χ1) is 11.8. The summed E-state index contributed by atoms with van der Waals surface area (Å²) < 4.78 is 25.1. The number of sulfone groups is 1. The summed E-state index contributed by atoms with van der Waals surface area (Å²) in [7, 11) is -3.32. The molecule has 0 fully saturated rings. The molecule has 0 N–H and O–H groups in total. The molecule has 1 heterocycles. The third-order valence-electron chi connectivity index (χ3n) is 3.93. The second-order valence-corrected chi connectivity index (χ2v) is 8.22. The molecule has 0 aliphatic carbocycles. The van der Waals surface area contributed by atoms with E-state index in [0.717, 1.165) is 11.9 Å². The van der Waals surface area contributed by atoms with E-state index in [2.05, 4.69) is 6.58 Å². The second kappa shape index (κ2) is 6.50. The first-order valence-electron chi connectivity index (χ1n) is 7.57. The van der Waals surface area contributed by atoms with Gasteiger partial charge in [-0.05, 0) is 48.5 Å². The number of carbonyl (C=O) groups is 1. The fraction of sp³-hybridized carbons (Fsp3) is 0.105. The van der Waals surface area contributed by atoms with Crippen LogP contribution in [0.4, 0.5) is 0 Å². The molecule has 2 aromatic carbocycles.